The minimum Gasteiger partial charge on any atom is -0.475 e. The number of rotatable bonds is 6. The number of ether oxygens (including phenoxy) is 2. The van der Waals surface area contributed by atoms with Crippen LogP contribution in [0.5, 0.6) is 5.75 Å². The Kier molecular flexibility index (Phi) is 5.70. The summed E-state index contributed by atoms with van der Waals surface area (Å²) in [5.74, 6) is -1.56. The molecule has 0 fully saturated rings. The number of esters is 1. The van der Waals surface area contributed by atoms with Crippen molar-refractivity contribution in [3.8, 4) is 5.75 Å². The topological polar surface area (TPSA) is 91.8 Å². The van der Waals surface area contributed by atoms with Gasteiger partial charge in [0.25, 0.3) is 6.04 Å². The maximum atomic E-state index is 13.6. The standard InChI is InChI=1S/C23H20FNO6/c1-29-20(26)13-17(14-8-10-15(24)11-9-14)21-16-5-2-3-6-18(16)31-23(22(21)25(27)28)19-7-4-12-30-19/h2-12,17,21-23H,13H2,1H3/t17-,21+,22+,23+/m1/s1. The molecule has 0 saturated carbocycles. The van der Waals surface area contributed by atoms with Crippen LogP contribution < -0.4 is 4.74 Å². The van der Waals surface area contributed by atoms with Gasteiger partial charge in [-0.05, 0) is 35.9 Å². The van der Waals surface area contributed by atoms with Gasteiger partial charge in [0.2, 0.25) is 6.10 Å². The number of fused-ring (bicyclic) bond motifs is 1. The zero-order valence-electron chi connectivity index (χ0n) is 16.6. The number of nitrogens with zero attached hydrogens (tertiary/aromatic N) is 1. The summed E-state index contributed by atoms with van der Waals surface area (Å²) in [5, 5.41) is 12.3. The Bertz CT molecular complexity index is 1070. The third-order valence-electron chi connectivity index (χ3n) is 5.62. The van der Waals surface area contributed by atoms with Crippen LogP contribution >= 0.6 is 0 Å². The molecule has 160 valence electrons. The van der Waals surface area contributed by atoms with Crippen LogP contribution in [-0.4, -0.2) is 24.0 Å². The predicted molar refractivity (Wildman–Crippen MR) is 108 cm³/mol. The van der Waals surface area contributed by atoms with Crippen LogP contribution in [0.4, 0.5) is 4.39 Å². The quantitative estimate of drug-likeness (QED) is 0.325. The fourth-order valence-corrected chi connectivity index (χ4v) is 4.24. The molecule has 0 aliphatic carbocycles. The molecule has 1 aliphatic rings. The Balaban J connectivity index is 1.89. The smallest absolute Gasteiger partial charge is 0.306 e. The molecule has 0 N–H and O–H groups in total. The molecule has 7 nitrogen and oxygen atoms in total. The molecule has 0 bridgehead atoms. The molecular formula is C23H20FNO6. The Labute approximate surface area is 177 Å². The van der Waals surface area contributed by atoms with E-state index in [4.69, 9.17) is 13.9 Å². The fraction of sp³-hybridized carbons (Fsp3) is 0.261. The summed E-state index contributed by atoms with van der Waals surface area (Å²) in [7, 11) is 1.26. The summed E-state index contributed by atoms with van der Waals surface area (Å²) in [6.45, 7) is 0. The maximum Gasteiger partial charge on any atom is 0.306 e. The van der Waals surface area contributed by atoms with Crippen LogP contribution in [0.15, 0.2) is 71.3 Å². The van der Waals surface area contributed by atoms with Crippen LogP contribution in [0.2, 0.25) is 0 Å². The Morgan fingerprint density at radius 3 is 2.55 bits per heavy atom. The molecule has 2 heterocycles. The summed E-state index contributed by atoms with van der Waals surface area (Å²) in [4.78, 5) is 24.2. The fourth-order valence-electron chi connectivity index (χ4n) is 4.24. The number of halogens is 1. The van der Waals surface area contributed by atoms with Crippen molar-refractivity contribution in [2.45, 2.75) is 30.4 Å². The molecule has 4 rings (SSSR count). The Morgan fingerprint density at radius 1 is 1.16 bits per heavy atom. The zero-order valence-corrected chi connectivity index (χ0v) is 16.6. The van der Waals surface area contributed by atoms with E-state index in [0.29, 0.717) is 22.6 Å². The predicted octanol–water partition coefficient (Wildman–Crippen LogP) is 4.63. The number of carbonyl (C=O) groups excluding carboxylic acids is 1. The van der Waals surface area contributed by atoms with Crippen molar-refractivity contribution in [2.24, 2.45) is 0 Å². The first kappa shape index (κ1) is 20.6. The largest absolute Gasteiger partial charge is 0.475 e. The van der Waals surface area contributed by atoms with Gasteiger partial charge in [-0.1, -0.05) is 30.3 Å². The van der Waals surface area contributed by atoms with Crippen molar-refractivity contribution in [3.05, 3.63) is 99.7 Å². The number of hydrogen-bond donors (Lipinski definition) is 0. The van der Waals surface area contributed by atoms with Crippen molar-refractivity contribution in [3.63, 3.8) is 0 Å². The van der Waals surface area contributed by atoms with Crippen molar-refractivity contribution < 1.29 is 28.0 Å². The lowest BCUT2D eigenvalue weighted by Gasteiger charge is -2.37. The molecule has 0 unspecified atom stereocenters. The van der Waals surface area contributed by atoms with Gasteiger partial charge in [0.05, 0.1) is 25.7 Å². The average Bonchev–Trinajstić information content (AvgIpc) is 3.31. The van der Waals surface area contributed by atoms with Crippen LogP contribution in [-0.2, 0) is 9.53 Å². The first-order chi connectivity index (χ1) is 15.0. The highest BCUT2D eigenvalue weighted by Crippen LogP contribution is 2.50. The Hall–Kier alpha value is -3.68. The summed E-state index contributed by atoms with van der Waals surface area (Å²) < 4.78 is 29.9. The molecule has 0 radical (unpaired) electrons. The highest BCUT2D eigenvalue weighted by molar-refractivity contribution is 5.71. The van der Waals surface area contributed by atoms with E-state index in [-0.39, 0.29) is 6.42 Å². The van der Waals surface area contributed by atoms with E-state index in [2.05, 4.69) is 0 Å². The number of methoxy groups -OCH3 is 1. The van der Waals surface area contributed by atoms with Crippen molar-refractivity contribution in [1.29, 1.82) is 0 Å². The highest BCUT2D eigenvalue weighted by Gasteiger charge is 2.52. The van der Waals surface area contributed by atoms with Crippen LogP contribution in [0.3, 0.4) is 0 Å². The van der Waals surface area contributed by atoms with E-state index in [1.54, 1.807) is 48.5 Å². The molecule has 0 saturated heterocycles. The van der Waals surface area contributed by atoms with E-state index in [1.165, 1.54) is 25.5 Å². The van der Waals surface area contributed by atoms with E-state index in [1.807, 2.05) is 0 Å². The third kappa shape index (κ3) is 4.01. The molecule has 3 aromatic rings. The number of para-hydroxylation sites is 1. The van der Waals surface area contributed by atoms with Gasteiger partial charge in [-0.25, -0.2) is 4.39 Å². The van der Waals surface area contributed by atoms with Crippen LogP contribution in [0, 0.1) is 15.9 Å². The number of nitro groups is 1. The van der Waals surface area contributed by atoms with Crippen LogP contribution in [0.1, 0.15) is 41.2 Å². The molecular weight excluding hydrogens is 405 g/mol. The van der Waals surface area contributed by atoms with E-state index in [9.17, 15) is 19.3 Å². The first-order valence-corrected chi connectivity index (χ1v) is 9.74. The molecule has 4 atom stereocenters. The van der Waals surface area contributed by atoms with Gasteiger partial charge in [0.1, 0.15) is 11.6 Å². The first-order valence-electron chi connectivity index (χ1n) is 9.74. The monoisotopic (exact) mass is 425 g/mol. The molecule has 8 heteroatoms. The average molecular weight is 425 g/mol. The zero-order chi connectivity index (χ0) is 22.0. The molecule has 0 spiro atoms. The Morgan fingerprint density at radius 2 is 1.90 bits per heavy atom. The van der Waals surface area contributed by atoms with Crippen molar-refractivity contribution in [1.82, 2.24) is 0 Å². The third-order valence-corrected chi connectivity index (χ3v) is 5.62. The summed E-state index contributed by atoms with van der Waals surface area (Å²) in [6.07, 6.45) is 0.318. The van der Waals surface area contributed by atoms with E-state index >= 15 is 0 Å². The van der Waals surface area contributed by atoms with Gasteiger partial charge in [-0.15, -0.1) is 0 Å². The lowest BCUT2D eigenvalue weighted by atomic mass is 9.72. The molecule has 2 aromatic carbocycles. The van der Waals surface area contributed by atoms with Crippen molar-refractivity contribution in [2.75, 3.05) is 7.11 Å². The number of benzene rings is 2. The number of hydrogen-bond acceptors (Lipinski definition) is 6. The molecule has 1 aromatic heterocycles. The van der Waals surface area contributed by atoms with Crippen LogP contribution in [0.25, 0.3) is 0 Å². The van der Waals surface area contributed by atoms with Gasteiger partial charge < -0.3 is 13.9 Å². The van der Waals surface area contributed by atoms with Gasteiger partial charge >= 0.3 is 5.97 Å². The maximum absolute atomic E-state index is 13.6. The number of carbonyl (C=O) groups is 1. The van der Waals surface area contributed by atoms with Gasteiger partial charge in [0.15, 0.2) is 5.76 Å². The summed E-state index contributed by atoms with van der Waals surface area (Å²) in [6, 6.07) is 14.7. The number of furan rings is 1. The molecule has 31 heavy (non-hydrogen) atoms. The molecule has 0 amide bonds. The van der Waals surface area contributed by atoms with E-state index < -0.39 is 40.7 Å². The lowest BCUT2D eigenvalue weighted by molar-refractivity contribution is -0.541. The van der Waals surface area contributed by atoms with Gasteiger partial charge in [-0.2, -0.15) is 0 Å². The minimum absolute atomic E-state index is 0.115. The SMILES string of the molecule is COC(=O)C[C@H](c1ccc(F)cc1)[C@@H]1c2ccccc2O[C@@H](c2ccco2)[C@H]1[N+](=O)[O-]. The summed E-state index contributed by atoms with van der Waals surface area (Å²) >= 11 is 0. The van der Waals surface area contributed by atoms with Gasteiger partial charge in [0, 0.05) is 16.4 Å². The second-order valence-corrected chi connectivity index (χ2v) is 7.33. The molecule has 1 aliphatic heterocycles. The normalized spacial score (nSPS) is 20.9. The van der Waals surface area contributed by atoms with Gasteiger partial charge in [-0.3, -0.25) is 14.9 Å². The summed E-state index contributed by atoms with van der Waals surface area (Å²) in [5.41, 5.74) is 1.20. The second-order valence-electron chi connectivity index (χ2n) is 7.33. The van der Waals surface area contributed by atoms with Crippen molar-refractivity contribution >= 4 is 5.97 Å². The van der Waals surface area contributed by atoms with E-state index in [0.717, 1.165) is 0 Å². The highest BCUT2D eigenvalue weighted by atomic mass is 19.1. The lowest BCUT2D eigenvalue weighted by Crippen LogP contribution is -2.42. The second kappa shape index (κ2) is 8.59. The minimum atomic E-state index is -1.25.